The van der Waals surface area contributed by atoms with E-state index in [-0.39, 0.29) is 0 Å². The molecule has 1 aromatic carbocycles. The van der Waals surface area contributed by atoms with E-state index in [4.69, 9.17) is 16.0 Å². The van der Waals surface area contributed by atoms with Crippen molar-refractivity contribution in [3.8, 4) is 0 Å². The highest BCUT2D eigenvalue weighted by molar-refractivity contribution is 6.31. The zero-order valence-electron chi connectivity index (χ0n) is 11.7. The highest BCUT2D eigenvalue weighted by Crippen LogP contribution is 2.52. The number of hydrogen-bond donors (Lipinski definition) is 1. The molecule has 2 nitrogen and oxygen atoms in total. The highest BCUT2D eigenvalue weighted by atomic mass is 35.5. The third-order valence-electron chi connectivity index (χ3n) is 5.34. The fraction of sp³-hybridized carbons (Fsp3) is 0.529. The first-order valence-corrected chi connectivity index (χ1v) is 7.98. The lowest BCUT2D eigenvalue weighted by Crippen LogP contribution is -2.28. The summed E-state index contributed by atoms with van der Waals surface area (Å²) in [6.07, 6.45) is 5.62. The third-order valence-corrected chi connectivity index (χ3v) is 5.57. The Hall–Kier alpha value is -0.990. The van der Waals surface area contributed by atoms with Gasteiger partial charge in [0.2, 0.25) is 0 Å². The molecular formula is C17H20ClNO. The van der Waals surface area contributed by atoms with Crippen LogP contribution in [-0.2, 0) is 0 Å². The van der Waals surface area contributed by atoms with Gasteiger partial charge in [-0.3, -0.25) is 0 Å². The highest BCUT2D eigenvalue weighted by Gasteiger charge is 2.43. The molecule has 0 saturated heterocycles. The van der Waals surface area contributed by atoms with Gasteiger partial charge >= 0.3 is 0 Å². The Morgan fingerprint density at radius 1 is 1.25 bits per heavy atom. The van der Waals surface area contributed by atoms with Crippen molar-refractivity contribution < 1.29 is 4.42 Å². The number of furan rings is 1. The van der Waals surface area contributed by atoms with Crippen LogP contribution < -0.4 is 5.32 Å². The van der Waals surface area contributed by atoms with Gasteiger partial charge < -0.3 is 9.73 Å². The summed E-state index contributed by atoms with van der Waals surface area (Å²) in [4.78, 5) is 0. The molecule has 20 heavy (non-hydrogen) atoms. The standard InChI is InChI=1S/C17H20ClNO/c1-19-17(14-7-10-2-3-11(14)6-10)16-9-12-8-13(18)4-5-15(12)20-16/h4-5,8-11,14,17,19H,2-3,6-7H2,1H3. The van der Waals surface area contributed by atoms with Crippen molar-refractivity contribution in [2.45, 2.75) is 31.7 Å². The summed E-state index contributed by atoms with van der Waals surface area (Å²) in [5.41, 5.74) is 0.938. The predicted octanol–water partition coefficient (Wildman–Crippen LogP) is 4.78. The molecule has 2 aliphatic carbocycles. The molecule has 3 heteroatoms. The van der Waals surface area contributed by atoms with Gasteiger partial charge in [-0.05, 0) is 68.3 Å². The molecule has 4 rings (SSSR count). The molecule has 2 aliphatic rings. The Morgan fingerprint density at radius 2 is 2.15 bits per heavy atom. The quantitative estimate of drug-likeness (QED) is 0.879. The topological polar surface area (TPSA) is 25.2 Å². The fourth-order valence-electron chi connectivity index (χ4n) is 4.46. The van der Waals surface area contributed by atoms with Gasteiger partial charge in [-0.2, -0.15) is 0 Å². The van der Waals surface area contributed by atoms with Gasteiger partial charge in [-0.25, -0.2) is 0 Å². The van der Waals surface area contributed by atoms with Gasteiger partial charge in [-0.1, -0.05) is 18.0 Å². The first-order valence-electron chi connectivity index (χ1n) is 7.61. The molecule has 1 heterocycles. The average molecular weight is 290 g/mol. The molecule has 2 fully saturated rings. The number of halogens is 1. The second-order valence-corrected chi connectivity index (χ2v) is 6.87. The zero-order chi connectivity index (χ0) is 13.7. The van der Waals surface area contributed by atoms with Gasteiger partial charge in [0.1, 0.15) is 11.3 Å². The predicted molar refractivity (Wildman–Crippen MR) is 82.0 cm³/mol. The second kappa shape index (κ2) is 4.78. The lowest BCUT2D eigenvalue weighted by atomic mass is 9.82. The van der Waals surface area contributed by atoms with E-state index in [1.165, 1.54) is 25.7 Å². The Balaban J connectivity index is 1.69. The van der Waals surface area contributed by atoms with Crippen molar-refractivity contribution >= 4 is 22.6 Å². The Morgan fingerprint density at radius 3 is 2.85 bits per heavy atom. The molecule has 4 atom stereocenters. The summed E-state index contributed by atoms with van der Waals surface area (Å²) in [5.74, 6) is 3.64. The van der Waals surface area contributed by atoms with Crippen LogP contribution in [0.25, 0.3) is 11.0 Å². The van der Waals surface area contributed by atoms with Gasteiger partial charge in [0.25, 0.3) is 0 Å². The van der Waals surface area contributed by atoms with Crippen molar-refractivity contribution in [1.82, 2.24) is 5.32 Å². The minimum Gasteiger partial charge on any atom is -0.459 e. The number of hydrogen-bond acceptors (Lipinski definition) is 2. The summed E-state index contributed by atoms with van der Waals surface area (Å²) in [7, 11) is 2.05. The van der Waals surface area contributed by atoms with Crippen molar-refractivity contribution in [3.63, 3.8) is 0 Å². The SMILES string of the molecule is CNC(c1cc2cc(Cl)ccc2o1)C1CC2CCC1C2. The molecule has 0 aliphatic heterocycles. The van der Waals surface area contributed by atoms with E-state index < -0.39 is 0 Å². The largest absolute Gasteiger partial charge is 0.459 e. The van der Waals surface area contributed by atoms with E-state index in [1.54, 1.807) is 0 Å². The van der Waals surface area contributed by atoms with Gasteiger partial charge in [0.15, 0.2) is 0 Å². The molecular weight excluding hydrogens is 270 g/mol. The Labute approximate surface area is 124 Å². The molecule has 0 spiro atoms. The normalized spacial score (nSPS) is 30.2. The maximum Gasteiger partial charge on any atom is 0.134 e. The Kier molecular flexibility index (Phi) is 3.04. The van der Waals surface area contributed by atoms with Crippen molar-refractivity contribution in [3.05, 3.63) is 35.0 Å². The number of fused-ring (bicyclic) bond motifs is 3. The molecule has 4 unspecified atom stereocenters. The minimum absolute atomic E-state index is 0.344. The fourth-order valence-corrected chi connectivity index (χ4v) is 4.64. The summed E-state index contributed by atoms with van der Waals surface area (Å²) < 4.78 is 6.07. The summed E-state index contributed by atoms with van der Waals surface area (Å²) in [6, 6.07) is 8.35. The number of benzene rings is 1. The van der Waals surface area contributed by atoms with Crippen molar-refractivity contribution in [1.29, 1.82) is 0 Å². The van der Waals surface area contributed by atoms with Crippen LogP contribution in [0.15, 0.2) is 28.7 Å². The maximum atomic E-state index is 6.07. The minimum atomic E-state index is 0.344. The van der Waals surface area contributed by atoms with Crippen LogP contribution in [0, 0.1) is 17.8 Å². The molecule has 0 amide bonds. The van der Waals surface area contributed by atoms with Crippen LogP contribution >= 0.6 is 11.6 Å². The van der Waals surface area contributed by atoms with E-state index in [0.29, 0.717) is 6.04 Å². The molecule has 2 aromatic rings. The van der Waals surface area contributed by atoms with Crippen LogP contribution in [0.3, 0.4) is 0 Å². The Bertz CT molecular complexity index is 635. The number of rotatable bonds is 3. The first kappa shape index (κ1) is 12.7. The molecule has 106 valence electrons. The van der Waals surface area contributed by atoms with E-state index in [2.05, 4.69) is 18.4 Å². The maximum absolute atomic E-state index is 6.07. The molecule has 2 saturated carbocycles. The smallest absolute Gasteiger partial charge is 0.134 e. The lowest BCUT2D eigenvalue weighted by molar-refractivity contribution is 0.237. The van der Waals surface area contributed by atoms with Crippen molar-refractivity contribution in [2.24, 2.45) is 17.8 Å². The van der Waals surface area contributed by atoms with Crippen LogP contribution in [0.4, 0.5) is 0 Å². The van der Waals surface area contributed by atoms with E-state index >= 15 is 0 Å². The van der Waals surface area contributed by atoms with Gasteiger partial charge in [-0.15, -0.1) is 0 Å². The lowest BCUT2D eigenvalue weighted by Gasteiger charge is -2.28. The monoisotopic (exact) mass is 289 g/mol. The molecule has 2 bridgehead atoms. The molecule has 1 N–H and O–H groups in total. The van der Waals surface area contributed by atoms with E-state index in [0.717, 1.165) is 39.5 Å². The molecule has 0 radical (unpaired) electrons. The van der Waals surface area contributed by atoms with Crippen LogP contribution in [0.5, 0.6) is 0 Å². The van der Waals surface area contributed by atoms with E-state index in [1.807, 2.05) is 18.2 Å². The zero-order valence-corrected chi connectivity index (χ0v) is 12.5. The first-order chi connectivity index (χ1) is 9.74. The van der Waals surface area contributed by atoms with Crippen LogP contribution in [0.1, 0.15) is 37.5 Å². The van der Waals surface area contributed by atoms with Gasteiger partial charge in [0, 0.05) is 10.4 Å². The molecule has 1 aromatic heterocycles. The summed E-state index contributed by atoms with van der Waals surface area (Å²) in [6.45, 7) is 0. The summed E-state index contributed by atoms with van der Waals surface area (Å²) in [5, 5.41) is 5.37. The van der Waals surface area contributed by atoms with E-state index in [9.17, 15) is 0 Å². The van der Waals surface area contributed by atoms with Gasteiger partial charge in [0.05, 0.1) is 6.04 Å². The second-order valence-electron chi connectivity index (χ2n) is 6.44. The van der Waals surface area contributed by atoms with Crippen molar-refractivity contribution in [2.75, 3.05) is 7.05 Å². The summed E-state index contributed by atoms with van der Waals surface area (Å²) >= 11 is 6.06. The van der Waals surface area contributed by atoms with Crippen LogP contribution in [0.2, 0.25) is 5.02 Å². The van der Waals surface area contributed by atoms with Crippen LogP contribution in [-0.4, -0.2) is 7.05 Å². The third kappa shape index (κ3) is 1.97. The number of nitrogens with one attached hydrogen (secondary N) is 1. The average Bonchev–Trinajstić information content (AvgIpc) is 3.13.